The van der Waals surface area contributed by atoms with Gasteiger partial charge in [-0.1, -0.05) is 6.92 Å². The molecule has 0 aromatic heterocycles. The summed E-state index contributed by atoms with van der Waals surface area (Å²) >= 11 is 0. The molecule has 0 unspecified atom stereocenters. The first-order valence-corrected chi connectivity index (χ1v) is 8.27. The van der Waals surface area contributed by atoms with Crippen LogP contribution in [-0.4, -0.2) is 26.0 Å². The maximum atomic E-state index is 14.2. The first kappa shape index (κ1) is 19.3. The van der Waals surface area contributed by atoms with Crippen LogP contribution in [0.5, 0.6) is 0 Å². The molecule has 1 heterocycles. The molecule has 1 saturated heterocycles. The molecule has 0 amide bonds. The van der Waals surface area contributed by atoms with E-state index in [0.717, 1.165) is 9.80 Å². The van der Waals surface area contributed by atoms with E-state index in [1.165, 1.54) is 0 Å². The minimum Gasteiger partial charge on any atom is -0.340 e. The molecule has 146 valence electrons. The second-order valence-electron chi connectivity index (χ2n) is 6.02. The fourth-order valence-corrected chi connectivity index (χ4v) is 3.07. The van der Waals surface area contributed by atoms with Crippen molar-refractivity contribution in [2.24, 2.45) is 0 Å². The molecular weight excluding hydrogens is 374 g/mol. The Balaban J connectivity index is 2.04. The van der Waals surface area contributed by atoms with Crippen molar-refractivity contribution in [2.45, 2.75) is 19.7 Å². The second kappa shape index (κ2) is 7.67. The van der Waals surface area contributed by atoms with Gasteiger partial charge in [0.2, 0.25) is 6.35 Å². The average molecular weight is 390 g/mol. The summed E-state index contributed by atoms with van der Waals surface area (Å²) in [5.41, 5.74) is -1.13. The van der Waals surface area contributed by atoms with E-state index in [-0.39, 0.29) is 19.7 Å². The summed E-state index contributed by atoms with van der Waals surface area (Å²) in [6.45, 7) is 1.81. The lowest BCUT2D eigenvalue weighted by Crippen LogP contribution is -2.43. The van der Waals surface area contributed by atoms with Crippen LogP contribution in [0.2, 0.25) is 0 Å². The molecule has 2 aromatic carbocycles. The molecule has 27 heavy (non-hydrogen) atoms. The SMILES string of the molecule is CCCOC1N(c2c(F)cc(F)cc2F)CCN1c1c(F)cc(F)cc1F. The van der Waals surface area contributed by atoms with Crippen molar-refractivity contribution in [3.63, 3.8) is 0 Å². The van der Waals surface area contributed by atoms with Crippen molar-refractivity contribution in [1.82, 2.24) is 0 Å². The van der Waals surface area contributed by atoms with Crippen molar-refractivity contribution in [1.29, 1.82) is 0 Å². The van der Waals surface area contributed by atoms with Crippen LogP contribution in [0.4, 0.5) is 37.7 Å². The van der Waals surface area contributed by atoms with Crippen molar-refractivity contribution in [3.8, 4) is 0 Å². The number of nitrogens with zero attached hydrogens (tertiary/aromatic N) is 2. The van der Waals surface area contributed by atoms with Gasteiger partial charge in [-0.3, -0.25) is 0 Å². The van der Waals surface area contributed by atoms with E-state index in [2.05, 4.69) is 0 Å². The maximum Gasteiger partial charge on any atom is 0.210 e. The lowest BCUT2D eigenvalue weighted by atomic mass is 10.2. The molecular formula is C18H16F6N2O. The van der Waals surface area contributed by atoms with Gasteiger partial charge in [-0.25, -0.2) is 26.3 Å². The van der Waals surface area contributed by atoms with Crippen LogP contribution in [0.15, 0.2) is 24.3 Å². The van der Waals surface area contributed by atoms with Crippen molar-refractivity contribution in [2.75, 3.05) is 29.5 Å². The minimum absolute atomic E-state index is 0.0515. The average Bonchev–Trinajstić information content (AvgIpc) is 2.94. The lowest BCUT2D eigenvalue weighted by molar-refractivity contribution is 0.0617. The van der Waals surface area contributed by atoms with E-state index in [1.54, 1.807) is 6.92 Å². The summed E-state index contributed by atoms with van der Waals surface area (Å²) in [5.74, 6) is -6.85. The molecule has 0 bridgehead atoms. The number of hydrogen-bond acceptors (Lipinski definition) is 3. The highest BCUT2D eigenvalue weighted by atomic mass is 19.2. The number of ether oxygens (including phenoxy) is 1. The zero-order valence-electron chi connectivity index (χ0n) is 14.3. The number of anilines is 2. The molecule has 0 radical (unpaired) electrons. The Bertz CT molecular complexity index is 735. The number of halogens is 6. The van der Waals surface area contributed by atoms with Crippen LogP contribution < -0.4 is 9.80 Å². The van der Waals surface area contributed by atoms with Gasteiger partial charge in [0, 0.05) is 37.4 Å². The third-order valence-corrected chi connectivity index (χ3v) is 4.12. The standard InChI is InChI=1S/C18H16F6N2O/c1-2-5-27-18-25(16-12(21)6-10(19)7-13(16)22)3-4-26(18)17-14(23)8-11(20)9-15(17)24/h6-9,18H,2-5H2,1H3. The van der Waals surface area contributed by atoms with E-state index in [4.69, 9.17) is 4.74 Å². The molecule has 0 atom stereocenters. The van der Waals surface area contributed by atoms with E-state index < -0.39 is 52.6 Å². The van der Waals surface area contributed by atoms with E-state index in [0.29, 0.717) is 30.7 Å². The summed E-state index contributed by atoms with van der Waals surface area (Å²) < 4.78 is 88.8. The van der Waals surface area contributed by atoms with Crippen LogP contribution in [0, 0.1) is 34.9 Å². The predicted octanol–water partition coefficient (Wildman–Crippen LogP) is 4.56. The fourth-order valence-electron chi connectivity index (χ4n) is 3.07. The topological polar surface area (TPSA) is 15.7 Å². The molecule has 2 aromatic rings. The van der Waals surface area contributed by atoms with Gasteiger partial charge in [-0.2, -0.15) is 0 Å². The van der Waals surface area contributed by atoms with E-state index in [1.807, 2.05) is 0 Å². The Hall–Kier alpha value is -2.42. The monoisotopic (exact) mass is 390 g/mol. The molecule has 0 spiro atoms. The van der Waals surface area contributed by atoms with Crippen LogP contribution in [-0.2, 0) is 4.74 Å². The Labute approximate surface area is 151 Å². The maximum absolute atomic E-state index is 14.2. The summed E-state index contributed by atoms with van der Waals surface area (Å²) in [4.78, 5) is 2.23. The minimum atomic E-state index is -1.26. The predicted molar refractivity (Wildman–Crippen MR) is 87.4 cm³/mol. The Morgan fingerprint density at radius 3 is 1.48 bits per heavy atom. The molecule has 3 nitrogen and oxygen atoms in total. The van der Waals surface area contributed by atoms with Gasteiger partial charge in [-0.05, 0) is 6.42 Å². The molecule has 1 aliphatic heterocycles. The van der Waals surface area contributed by atoms with Gasteiger partial charge in [0.25, 0.3) is 0 Å². The van der Waals surface area contributed by atoms with Gasteiger partial charge in [0.15, 0.2) is 23.3 Å². The molecule has 3 rings (SSSR count). The van der Waals surface area contributed by atoms with Crippen LogP contribution in [0.25, 0.3) is 0 Å². The van der Waals surface area contributed by atoms with Gasteiger partial charge >= 0.3 is 0 Å². The molecule has 9 heteroatoms. The lowest BCUT2D eigenvalue weighted by Gasteiger charge is -2.32. The zero-order valence-corrected chi connectivity index (χ0v) is 14.3. The molecule has 0 saturated carbocycles. The van der Waals surface area contributed by atoms with E-state index >= 15 is 0 Å². The number of rotatable bonds is 5. The van der Waals surface area contributed by atoms with Crippen LogP contribution in [0.1, 0.15) is 13.3 Å². The second-order valence-corrected chi connectivity index (χ2v) is 6.02. The third kappa shape index (κ3) is 3.69. The van der Waals surface area contributed by atoms with Gasteiger partial charge in [-0.15, -0.1) is 0 Å². The normalized spacial score (nSPS) is 15.1. The largest absolute Gasteiger partial charge is 0.340 e. The zero-order chi connectivity index (χ0) is 19.7. The van der Waals surface area contributed by atoms with E-state index in [9.17, 15) is 26.3 Å². The van der Waals surface area contributed by atoms with Crippen LogP contribution >= 0.6 is 0 Å². The highest BCUT2D eigenvalue weighted by Gasteiger charge is 2.38. The number of benzene rings is 2. The highest BCUT2D eigenvalue weighted by Crippen LogP contribution is 2.35. The third-order valence-electron chi connectivity index (χ3n) is 4.12. The van der Waals surface area contributed by atoms with Gasteiger partial charge in [0.1, 0.15) is 23.0 Å². The Kier molecular flexibility index (Phi) is 5.50. The molecule has 0 N–H and O–H groups in total. The van der Waals surface area contributed by atoms with Crippen molar-refractivity contribution >= 4 is 11.4 Å². The fraction of sp³-hybridized carbons (Fsp3) is 0.333. The summed E-state index contributed by atoms with van der Waals surface area (Å²) in [6.07, 6.45) is -0.727. The summed E-state index contributed by atoms with van der Waals surface area (Å²) in [5, 5.41) is 0. The van der Waals surface area contributed by atoms with Gasteiger partial charge in [0.05, 0.1) is 6.61 Å². The quantitative estimate of drug-likeness (QED) is 0.697. The molecule has 1 fully saturated rings. The Morgan fingerprint density at radius 1 is 0.778 bits per heavy atom. The Morgan fingerprint density at radius 2 is 1.15 bits per heavy atom. The molecule has 0 aliphatic carbocycles. The van der Waals surface area contributed by atoms with Crippen molar-refractivity contribution in [3.05, 3.63) is 59.2 Å². The smallest absolute Gasteiger partial charge is 0.210 e. The van der Waals surface area contributed by atoms with Crippen LogP contribution in [0.3, 0.4) is 0 Å². The highest BCUT2D eigenvalue weighted by molar-refractivity contribution is 5.58. The first-order chi connectivity index (χ1) is 12.8. The summed E-state index contributed by atoms with van der Waals surface area (Å²) in [7, 11) is 0. The van der Waals surface area contributed by atoms with Crippen molar-refractivity contribution < 1.29 is 31.1 Å². The van der Waals surface area contributed by atoms with Gasteiger partial charge < -0.3 is 14.5 Å². The summed E-state index contributed by atoms with van der Waals surface area (Å²) in [6, 6.07) is 2.04. The molecule has 1 aliphatic rings. The number of hydrogen-bond donors (Lipinski definition) is 0. The first-order valence-electron chi connectivity index (χ1n) is 8.27.